The van der Waals surface area contributed by atoms with E-state index in [0.29, 0.717) is 44.3 Å². The van der Waals surface area contributed by atoms with Crippen molar-refractivity contribution in [3.05, 3.63) is 48.3 Å². The lowest BCUT2D eigenvalue weighted by Crippen LogP contribution is -2.38. The van der Waals surface area contributed by atoms with Gasteiger partial charge in [0, 0.05) is 26.6 Å². The summed E-state index contributed by atoms with van der Waals surface area (Å²) in [7, 11) is 1.60. The minimum atomic E-state index is -0.353. The van der Waals surface area contributed by atoms with Crippen LogP contribution in [0.4, 0.5) is 0 Å². The second kappa shape index (κ2) is 8.02. The quantitative estimate of drug-likeness (QED) is 0.730. The highest BCUT2D eigenvalue weighted by Gasteiger charge is 2.36. The summed E-state index contributed by atoms with van der Waals surface area (Å²) in [6.45, 7) is 2.06. The Bertz CT molecular complexity index is 680. The molecule has 1 unspecified atom stereocenters. The smallest absolute Gasteiger partial charge is 0.228 e. The molecule has 7 nitrogen and oxygen atoms in total. The van der Waals surface area contributed by atoms with Crippen LogP contribution in [0.2, 0.25) is 0 Å². The molecule has 0 radical (unpaired) electrons. The first-order valence-corrected chi connectivity index (χ1v) is 8.27. The van der Waals surface area contributed by atoms with Crippen molar-refractivity contribution in [1.82, 2.24) is 9.80 Å². The number of furan rings is 2. The van der Waals surface area contributed by atoms with E-state index in [1.165, 1.54) is 0 Å². The van der Waals surface area contributed by atoms with Crippen LogP contribution in [0.5, 0.6) is 0 Å². The number of rotatable bonds is 8. The summed E-state index contributed by atoms with van der Waals surface area (Å²) in [5.41, 5.74) is 0. The fraction of sp³-hybridized carbons (Fsp3) is 0.444. The molecule has 1 atom stereocenters. The Kier molecular flexibility index (Phi) is 5.55. The largest absolute Gasteiger partial charge is 0.467 e. The number of carbonyl (C=O) groups excluding carboxylic acids is 2. The van der Waals surface area contributed by atoms with Gasteiger partial charge in [0.15, 0.2) is 0 Å². The van der Waals surface area contributed by atoms with E-state index in [1.54, 1.807) is 41.6 Å². The highest BCUT2D eigenvalue weighted by Crippen LogP contribution is 2.23. The van der Waals surface area contributed by atoms with Crippen molar-refractivity contribution >= 4 is 11.8 Å². The molecule has 0 saturated carbocycles. The second-order valence-corrected chi connectivity index (χ2v) is 6.09. The fourth-order valence-electron chi connectivity index (χ4n) is 3.00. The van der Waals surface area contributed by atoms with Crippen LogP contribution in [-0.2, 0) is 27.4 Å². The van der Waals surface area contributed by atoms with Crippen molar-refractivity contribution in [1.29, 1.82) is 0 Å². The van der Waals surface area contributed by atoms with Gasteiger partial charge in [-0.2, -0.15) is 0 Å². The molecule has 0 aromatic carbocycles. The van der Waals surface area contributed by atoms with E-state index in [0.717, 1.165) is 0 Å². The van der Waals surface area contributed by atoms with Gasteiger partial charge in [0.2, 0.25) is 11.8 Å². The van der Waals surface area contributed by atoms with Gasteiger partial charge in [-0.3, -0.25) is 9.59 Å². The molecular weight excluding hydrogens is 324 g/mol. The van der Waals surface area contributed by atoms with E-state index in [-0.39, 0.29) is 24.2 Å². The number of hydrogen-bond donors (Lipinski definition) is 0. The van der Waals surface area contributed by atoms with Gasteiger partial charge >= 0.3 is 0 Å². The van der Waals surface area contributed by atoms with E-state index in [4.69, 9.17) is 13.6 Å². The van der Waals surface area contributed by atoms with Gasteiger partial charge in [0.05, 0.1) is 38.1 Å². The van der Waals surface area contributed by atoms with Gasteiger partial charge in [-0.15, -0.1) is 0 Å². The van der Waals surface area contributed by atoms with Crippen LogP contribution in [0.3, 0.4) is 0 Å². The molecular formula is C18H22N2O5. The normalized spacial score (nSPS) is 17.2. The molecule has 2 aromatic heterocycles. The number of hydrogen-bond acceptors (Lipinski definition) is 5. The molecule has 1 saturated heterocycles. The predicted octanol–water partition coefficient (Wildman–Crippen LogP) is 1.90. The van der Waals surface area contributed by atoms with Gasteiger partial charge in [-0.25, -0.2) is 0 Å². The Morgan fingerprint density at radius 1 is 1.28 bits per heavy atom. The van der Waals surface area contributed by atoms with E-state index in [1.807, 2.05) is 12.1 Å². The van der Waals surface area contributed by atoms with Crippen molar-refractivity contribution in [3.63, 3.8) is 0 Å². The third kappa shape index (κ3) is 4.30. The summed E-state index contributed by atoms with van der Waals surface area (Å²) < 4.78 is 15.7. The SMILES string of the molecule is COCCN(Cc1ccco1)C(=O)C1CC(=O)N(Cc2ccco2)C1. The van der Waals surface area contributed by atoms with Gasteiger partial charge in [-0.05, 0) is 24.3 Å². The van der Waals surface area contributed by atoms with Crippen LogP contribution in [0, 0.1) is 5.92 Å². The fourth-order valence-corrected chi connectivity index (χ4v) is 3.00. The van der Waals surface area contributed by atoms with Crippen LogP contribution >= 0.6 is 0 Å². The van der Waals surface area contributed by atoms with Gasteiger partial charge < -0.3 is 23.4 Å². The first kappa shape index (κ1) is 17.3. The van der Waals surface area contributed by atoms with Crippen LogP contribution in [0.1, 0.15) is 17.9 Å². The average molecular weight is 346 g/mol. The molecule has 0 N–H and O–H groups in total. The Balaban J connectivity index is 1.63. The van der Waals surface area contributed by atoms with Crippen LogP contribution < -0.4 is 0 Å². The minimum Gasteiger partial charge on any atom is -0.467 e. The molecule has 3 heterocycles. The topological polar surface area (TPSA) is 76.1 Å². The zero-order valence-electron chi connectivity index (χ0n) is 14.2. The van der Waals surface area contributed by atoms with Gasteiger partial charge in [0.1, 0.15) is 11.5 Å². The molecule has 0 bridgehead atoms. The number of methoxy groups -OCH3 is 1. The number of likely N-dealkylation sites (tertiary alicyclic amines) is 1. The molecule has 1 fully saturated rings. The summed E-state index contributed by atoms with van der Waals surface area (Å²) in [4.78, 5) is 28.5. The zero-order valence-corrected chi connectivity index (χ0v) is 14.2. The van der Waals surface area contributed by atoms with Crippen LogP contribution in [0.15, 0.2) is 45.6 Å². The molecule has 2 aromatic rings. The lowest BCUT2D eigenvalue weighted by Gasteiger charge is -2.24. The molecule has 0 aliphatic carbocycles. The minimum absolute atomic E-state index is 0.0283. The first-order valence-electron chi connectivity index (χ1n) is 8.27. The van der Waals surface area contributed by atoms with E-state index < -0.39 is 0 Å². The summed E-state index contributed by atoms with van der Waals surface area (Å²) in [6.07, 6.45) is 3.38. The Morgan fingerprint density at radius 2 is 2.00 bits per heavy atom. The van der Waals surface area contributed by atoms with E-state index >= 15 is 0 Å². The maximum Gasteiger partial charge on any atom is 0.228 e. The van der Waals surface area contributed by atoms with Crippen LogP contribution in [-0.4, -0.2) is 48.4 Å². The van der Waals surface area contributed by atoms with Crippen molar-refractivity contribution in [2.45, 2.75) is 19.5 Å². The number of nitrogens with zero attached hydrogens (tertiary/aromatic N) is 2. The lowest BCUT2D eigenvalue weighted by molar-refractivity contribution is -0.137. The summed E-state index contributed by atoms with van der Waals surface area (Å²) >= 11 is 0. The Hall–Kier alpha value is -2.54. The second-order valence-electron chi connectivity index (χ2n) is 6.09. The van der Waals surface area contributed by atoms with E-state index in [2.05, 4.69) is 0 Å². The molecule has 7 heteroatoms. The van der Waals surface area contributed by atoms with Gasteiger partial charge in [0.25, 0.3) is 0 Å². The molecule has 2 amide bonds. The van der Waals surface area contributed by atoms with Crippen LogP contribution in [0.25, 0.3) is 0 Å². The highest BCUT2D eigenvalue weighted by atomic mass is 16.5. The summed E-state index contributed by atoms with van der Waals surface area (Å²) in [5.74, 6) is 0.993. The first-order chi connectivity index (χ1) is 12.2. The molecule has 3 rings (SSSR count). The number of carbonyl (C=O) groups is 2. The molecule has 134 valence electrons. The van der Waals surface area contributed by atoms with Crippen molar-refractivity contribution < 1.29 is 23.2 Å². The van der Waals surface area contributed by atoms with Gasteiger partial charge in [-0.1, -0.05) is 0 Å². The maximum absolute atomic E-state index is 12.9. The lowest BCUT2D eigenvalue weighted by atomic mass is 10.1. The number of amides is 2. The Labute approximate surface area is 146 Å². The summed E-state index contributed by atoms with van der Waals surface area (Å²) in [6, 6.07) is 7.23. The molecule has 1 aliphatic rings. The van der Waals surface area contributed by atoms with Crippen molar-refractivity contribution in [2.24, 2.45) is 5.92 Å². The van der Waals surface area contributed by atoms with E-state index in [9.17, 15) is 9.59 Å². The maximum atomic E-state index is 12.9. The van der Waals surface area contributed by atoms with Crippen molar-refractivity contribution in [3.8, 4) is 0 Å². The molecule has 0 spiro atoms. The third-order valence-electron chi connectivity index (χ3n) is 4.29. The molecule has 25 heavy (non-hydrogen) atoms. The Morgan fingerprint density at radius 3 is 2.64 bits per heavy atom. The molecule has 1 aliphatic heterocycles. The monoisotopic (exact) mass is 346 g/mol. The zero-order chi connectivity index (χ0) is 17.6. The highest BCUT2D eigenvalue weighted by molar-refractivity contribution is 5.89. The van der Waals surface area contributed by atoms with Crippen molar-refractivity contribution in [2.75, 3.05) is 26.8 Å². The summed E-state index contributed by atoms with van der Waals surface area (Å²) in [5, 5.41) is 0. The predicted molar refractivity (Wildman–Crippen MR) is 88.2 cm³/mol. The number of ether oxygens (including phenoxy) is 1. The standard InChI is InChI=1S/C18H22N2O5/c1-23-9-6-19(12-15-4-2-7-24-15)18(22)14-10-17(21)20(11-14)13-16-5-3-8-25-16/h2-5,7-8,14H,6,9-13H2,1H3. The third-order valence-corrected chi connectivity index (χ3v) is 4.29. The average Bonchev–Trinajstić information content (AvgIpc) is 3.35.